The number of rotatable bonds is 0. The average Bonchev–Trinajstić information content (AvgIpc) is 1.72. The monoisotopic (exact) mass is 82.1 g/mol. The van der Waals surface area contributed by atoms with Crippen LogP contribution in [0.2, 0.25) is 0 Å². The molecule has 0 aromatic heterocycles. The Morgan fingerprint density at radius 3 is 2.83 bits per heavy atom. The highest BCUT2D eigenvalue weighted by Gasteiger charge is 1.85. The van der Waals surface area contributed by atoms with Crippen LogP contribution in [0.4, 0.5) is 0 Å². The topological polar surface area (TPSA) is 12.0 Å². The normalized spacial score (nSPS) is 20.0. The number of hydrogen-bond acceptors (Lipinski definition) is 1. The minimum atomic E-state index is 1.13. The first-order valence-electron chi connectivity index (χ1n) is 2.28. The van der Waals surface area contributed by atoms with Gasteiger partial charge in [-0.2, -0.15) is 0 Å². The van der Waals surface area contributed by atoms with Gasteiger partial charge in [0.05, 0.1) is 0 Å². The Labute approximate surface area is 38.1 Å². The predicted octanol–water partition coefficient (Wildman–Crippen LogP) is 0.687. The van der Waals surface area contributed by atoms with Crippen molar-refractivity contribution in [3.05, 3.63) is 12.3 Å². The Bertz CT molecular complexity index is 49.0. The van der Waals surface area contributed by atoms with Gasteiger partial charge >= 0.3 is 0 Å². The standard InChI is InChI=1S/C5H8N/c1-2-4-6-5-3-1/h5-6H,1-2,4H2. The molecule has 1 nitrogen and oxygen atoms in total. The molecule has 0 aliphatic carbocycles. The summed E-state index contributed by atoms with van der Waals surface area (Å²) in [5, 5.41) is 3.05. The van der Waals surface area contributed by atoms with Crippen LogP contribution in [0.5, 0.6) is 0 Å². The number of nitrogens with one attached hydrogen (secondary N) is 1. The fourth-order valence-electron chi connectivity index (χ4n) is 0.509. The van der Waals surface area contributed by atoms with E-state index in [4.69, 9.17) is 0 Å². The van der Waals surface area contributed by atoms with Gasteiger partial charge in [0.15, 0.2) is 0 Å². The van der Waals surface area contributed by atoms with Gasteiger partial charge in [0, 0.05) is 6.54 Å². The molecular formula is C5H8N. The summed E-state index contributed by atoms with van der Waals surface area (Å²) >= 11 is 0. The molecule has 1 rings (SSSR count). The van der Waals surface area contributed by atoms with Gasteiger partial charge < -0.3 is 5.32 Å². The van der Waals surface area contributed by atoms with Crippen molar-refractivity contribution in [2.75, 3.05) is 6.54 Å². The van der Waals surface area contributed by atoms with E-state index in [-0.39, 0.29) is 0 Å². The van der Waals surface area contributed by atoms with Crippen LogP contribution in [0.25, 0.3) is 0 Å². The second-order valence-corrected chi connectivity index (χ2v) is 1.41. The molecule has 1 heteroatoms. The molecule has 0 bridgehead atoms. The summed E-state index contributed by atoms with van der Waals surface area (Å²) in [6.45, 7) is 1.13. The van der Waals surface area contributed by atoms with Crippen LogP contribution in [0.1, 0.15) is 12.8 Å². The molecule has 0 saturated heterocycles. The number of hydrogen-bond donors (Lipinski definition) is 1. The second-order valence-electron chi connectivity index (χ2n) is 1.41. The van der Waals surface area contributed by atoms with Crippen molar-refractivity contribution in [2.45, 2.75) is 12.8 Å². The quantitative estimate of drug-likeness (QED) is 0.453. The molecule has 0 aromatic carbocycles. The molecule has 0 unspecified atom stereocenters. The van der Waals surface area contributed by atoms with E-state index in [0.29, 0.717) is 0 Å². The van der Waals surface area contributed by atoms with E-state index < -0.39 is 0 Å². The molecule has 0 fully saturated rings. The smallest absolute Gasteiger partial charge is 0.0144 e. The molecule has 0 spiro atoms. The zero-order valence-corrected chi connectivity index (χ0v) is 3.70. The summed E-state index contributed by atoms with van der Waals surface area (Å²) < 4.78 is 0. The lowest BCUT2D eigenvalue weighted by molar-refractivity contribution is 0.715. The summed E-state index contributed by atoms with van der Waals surface area (Å²) in [6.07, 6.45) is 7.32. The molecule has 0 atom stereocenters. The molecule has 33 valence electrons. The van der Waals surface area contributed by atoms with Crippen molar-refractivity contribution < 1.29 is 0 Å². The second kappa shape index (κ2) is 1.85. The van der Waals surface area contributed by atoms with Gasteiger partial charge in [-0.15, -0.1) is 0 Å². The van der Waals surface area contributed by atoms with E-state index in [9.17, 15) is 0 Å². The Morgan fingerprint density at radius 2 is 2.67 bits per heavy atom. The molecule has 0 saturated carbocycles. The van der Waals surface area contributed by atoms with E-state index in [1.54, 1.807) is 0 Å². The molecule has 0 aromatic rings. The van der Waals surface area contributed by atoms with Crippen LogP contribution >= 0.6 is 0 Å². The van der Waals surface area contributed by atoms with Crippen LogP contribution in [0.3, 0.4) is 0 Å². The summed E-state index contributed by atoms with van der Waals surface area (Å²) in [4.78, 5) is 0. The molecule has 1 aliphatic rings. The number of allylic oxidation sites excluding steroid dienone is 1. The van der Waals surface area contributed by atoms with Crippen molar-refractivity contribution in [1.29, 1.82) is 0 Å². The van der Waals surface area contributed by atoms with Gasteiger partial charge in [-0.3, -0.25) is 0 Å². The van der Waals surface area contributed by atoms with Crippen molar-refractivity contribution in [3.63, 3.8) is 0 Å². The largest absolute Gasteiger partial charge is 0.391 e. The highest BCUT2D eigenvalue weighted by molar-refractivity contribution is 4.75. The molecule has 1 radical (unpaired) electrons. The van der Waals surface area contributed by atoms with Gasteiger partial charge in [-0.25, -0.2) is 0 Å². The lowest BCUT2D eigenvalue weighted by atomic mass is 10.2. The lowest BCUT2D eigenvalue weighted by Gasteiger charge is -2.01. The first kappa shape index (κ1) is 3.72. The lowest BCUT2D eigenvalue weighted by Crippen LogP contribution is -2.09. The Morgan fingerprint density at radius 1 is 1.67 bits per heavy atom. The summed E-state index contributed by atoms with van der Waals surface area (Å²) in [5.74, 6) is 0. The first-order chi connectivity index (χ1) is 3.00. The van der Waals surface area contributed by atoms with Crippen molar-refractivity contribution in [1.82, 2.24) is 5.32 Å². The SMILES string of the molecule is [C]1=CNCCC1. The Hall–Kier alpha value is -0.460. The molecule has 1 heterocycles. The van der Waals surface area contributed by atoms with Crippen molar-refractivity contribution >= 4 is 0 Å². The Balaban J connectivity index is 2.26. The van der Waals surface area contributed by atoms with Gasteiger partial charge in [-0.05, 0) is 25.1 Å². The van der Waals surface area contributed by atoms with E-state index in [2.05, 4.69) is 11.4 Å². The molecule has 0 amide bonds. The summed E-state index contributed by atoms with van der Waals surface area (Å²) in [5.41, 5.74) is 0. The zero-order valence-electron chi connectivity index (χ0n) is 3.70. The minimum Gasteiger partial charge on any atom is -0.391 e. The van der Waals surface area contributed by atoms with Crippen LogP contribution in [0, 0.1) is 6.08 Å². The van der Waals surface area contributed by atoms with Crippen molar-refractivity contribution in [3.8, 4) is 0 Å². The van der Waals surface area contributed by atoms with Gasteiger partial charge in [0.1, 0.15) is 0 Å². The fraction of sp³-hybridized carbons (Fsp3) is 0.600. The van der Waals surface area contributed by atoms with Crippen molar-refractivity contribution in [2.24, 2.45) is 0 Å². The average molecular weight is 82.1 g/mol. The van der Waals surface area contributed by atoms with Gasteiger partial charge in [-0.1, -0.05) is 0 Å². The molecule has 6 heavy (non-hydrogen) atoms. The minimum absolute atomic E-state index is 1.13. The third-order valence-electron chi connectivity index (χ3n) is 0.846. The zero-order chi connectivity index (χ0) is 4.24. The van der Waals surface area contributed by atoms with Crippen LogP contribution < -0.4 is 5.32 Å². The maximum absolute atomic E-state index is 3.05. The third kappa shape index (κ3) is 0.744. The fourth-order valence-corrected chi connectivity index (χ4v) is 0.509. The van der Waals surface area contributed by atoms with E-state index in [1.165, 1.54) is 6.42 Å². The maximum atomic E-state index is 3.05. The summed E-state index contributed by atoms with van der Waals surface area (Å²) in [6, 6.07) is 0. The third-order valence-corrected chi connectivity index (χ3v) is 0.846. The van der Waals surface area contributed by atoms with Crippen LogP contribution in [0.15, 0.2) is 6.20 Å². The molecule has 1 aliphatic heterocycles. The van der Waals surface area contributed by atoms with Crippen LogP contribution in [-0.4, -0.2) is 6.54 Å². The van der Waals surface area contributed by atoms with E-state index in [1.807, 2.05) is 6.20 Å². The first-order valence-corrected chi connectivity index (χ1v) is 2.28. The van der Waals surface area contributed by atoms with E-state index in [0.717, 1.165) is 13.0 Å². The molecule has 1 N–H and O–H groups in total. The summed E-state index contributed by atoms with van der Waals surface area (Å²) in [7, 11) is 0. The van der Waals surface area contributed by atoms with Crippen LogP contribution in [-0.2, 0) is 0 Å². The van der Waals surface area contributed by atoms with Gasteiger partial charge in [0.2, 0.25) is 0 Å². The molecular weight excluding hydrogens is 74.1 g/mol. The Kier molecular flexibility index (Phi) is 1.15. The maximum Gasteiger partial charge on any atom is 0.0144 e. The van der Waals surface area contributed by atoms with Gasteiger partial charge in [0.25, 0.3) is 0 Å². The highest BCUT2D eigenvalue weighted by Crippen LogP contribution is 1.90. The van der Waals surface area contributed by atoms with E-state index >= 15 is 0 Å². The predicted molar refractivity (Wildman–Crippen MR) is 25.0 cm³/mol. The highest BCUT2D eigenvalue weighted by atomic mass is 14.8.